The molecule has 2 aromatic carbocycles. The van der Waals surface area contributed by atoms with Crippen LogP contribution in [0.4, 0.5) is 0 Å². The Bertz CT molecular complexity index is 1100. The summed E-state index contributed by atoms with van der Waals surface area (Å²) in [6.07, 6.45) is 1.97. The molecule has 0 aliphatic heterocycles. The van der Waals surface area contributed by atoms with Gasteiger partial charge in [0.25, 0.3) is 0 Å². The summed E-state index contributed by atoms with van der Waals surface area (Å²) in [5.74, 6) is 0.914. The minimum absolute atomic E-state index is 0.595. The molecule has 0 N–H and O–H groups in total. The van der Waals surface area contributed by atoms with Gasteiger partial charge in [0.1, 0.15) is 12.4 Å². The van der Waals surface area contributed by atoms with Crippen LogP contribution in [0.15, 0.2) is 89.5 Å². The summed E-state index contributed by atoms with van der Waals surface area (Å²) in [7, 11) is 0. The molecule has 0 unspecified atom stereocenters. The van der Waals surface area contributed by atoms with E-state index >= 15 is 0 Å². The number of hydrogen-bond acceptors (Lipinski definition) is 4. The lowest BCUT2D eigenvalue weighted by atomic mass is 10.1. The quantitative estimate of drug-likeness (QED) is 0.234. The second-order valence-electron chi connectivity index (χ2n) is 7.69. The standard InChI is InChI=1S/C27H27NOS2/c1-3-12-28(16-22-9-7-21(2)8-10-22)17-23-5-4-6-26(14-23)29-18-27-15-25(20-31-27)24-11-13-30-19-24/h3-11,13-15,19-20H,1,12,16-18H2,2H3. The first-order valence-electron chi connectivity index (χ1n) is 10.4. The molecule has 0 saturated heterocycles. The number of rotatable bonds is 10. The molecule has 0 amide bonds. The van der Waals surface area contributed by atoms with E-state index in [4.69, 9.17) is 4.74 Å². The van der Waals surface area contributed by atoms with Gasteiger partial charge in [-0.2, -0.15) is 11.3 Å². The number of ether oxygens (including phenoxy) is 1. The Labute approximate surface area is 193 Å². The van der Waals surface area contributed by atoms with Crippen LogP contribution in [0.3, 0.4) is 0 Å². The molecular formula is C27H27NOS2. The lowest BCUT2D eigenvalue weighted by Gasteiger charge is -2.21. The van der Waals surface area contributed by atoms with Crippen molar-refractivity contribution in [2.24, 2.45) is 0 Å². The Morgan fingerprint density at radius 1 is 0.935 bits per heavy atom. The summed E-state index contributed by atoms with van der Waals surface area (Å²) >= 11 is 3.48. The molecule has 0 spiro atoms. The summed E-state index contributed by atoms with van der Waals surface area (Å²) in [4.78, 5) is 3.63. The van der Waals surface area contributed by atoms with Crippen molar-refractivity contribution < 1.29 is 4.74 Å². The number of benzene rings is 2. The lowest BCUT2D eigenvalue weighted by molar-refractivity contribution is 0.283. The van der Waals surface area contributed by atoms with Crippen LogP contribution in [0.1, 0.15) is 21.6 Å². The average Bonchev–Trinajstić information content (AvgIpc) is 3.46. The van der Waals surface area contributed by atoms with Crippen molar-refractivity contribution in [3.63, 3.8) is 0 Å². The van der Waals surface area contributed by atoms with Crippen molar-refractivity contribution in [1.29, 1.82) is 0 Å². The molecule has 2 nitrogen and oxygen atoms in total. The predicted octanol–water partition coefficient (Wildman–Crippen LogP) is 7.55. The molecule has 2 aromatic heterocycles. The van der Waals surface area contributed by atoms with Gasteiger partial charge >= 0.3 is 0 Å². The topological polar surface area (TPSA) is 12.5 Å². The third kappa shape index (κ3) is 6.17. The van der Waals surface area contributed by atoms with E-state index < -0.39 is 0 Å². The minimum atomic E-state index is 0.595. The van der Waals surface area contributed by atoms with E-state index in [0.717, 1.165) is 25.4 Å². The van der Waals surface area contributed by atoms with E-state index in [1.807, 2.05) is 12.1 Å². The first-order chi connectivity index (χ1) is 15.2. The van der Waals surface area contributed by atoms with Crippen molar-refractivity contribution in [3.8, 4) is 16.9 Å². The Morgan fingerprint density at radius 2 is 1.77 bits per heavy atom. The van der Waals surface area contributed by atoms with Gasteiger partial charge in [-0.05, 0) is 69.6 Å². The van der Waals surface area contributed by atoms with Gasteiger partial charge in [-0.15, -0.1) is 17.9 Å². The van der Waals surface area contributed by atoms with Gasteiger partial charge < -0.3 is 4.74 Å². The first-order valence-corrected chi connectivity index (χ1v) is 12.2. The fourth-order valence-corrected chi connectivity index (χ4v) is 4.97. The van der Waals surface area contributed by atoms with Crippen LogP contribution in [0.2, 0.25) is 0 Å². The van der Waals surface area contributed by atoms with Crippen LogP contribution in [-0.2, 0) is 19.7 Å². The fourth-order valence-electron chi connectivity index (χ4n) is 3.50. The zero-order valence-corrected chi connectivity index (χ0v) is 19.4. The highest BCUT2D eigenvalue weighted by Gasteiger charge is 2.08. The summed E-state index contributed by atoms with van der Waals surface area (Å²) in [5, 5.41) is 6.50. The van der Waals surface area contributed by atoms with E-state index in [0.29, 0.717) is 6.61 Å². The Kier molecular flexibility index (Phi) is 7.36. The van der Waals surface area contributed by atoms with Gasteiger partial charge in [0.05, 0.1) is 0 Å². The molecule has 0 saturated carbocycles. The lowest BCUT2D eigenvalue weighted by Crippen LogP contribution is -2.22. The van der Waals surface area contributed by atoms with Crippen LogP contribution >= 0.6 is 22.7 Å². The van der Waals surface area contributed by atoms with Gasteiger partial charge in [0, 0.05) is 24.5 Å². The van der Waals surface area contributed by atoms with Gasteiger partial charge in [-0.1, -0.05) is 48.0 Å². The van der Waals surface area contributed by atoms with Gasteiger partial charge in [-0.3, -0.25) is 4.90 Å². The molecule has 4 rings (SSSR count). The molecule has 0 radical (unpaired) electrons. The number of thiophene rings is 2. The summed E-state index contributed by atoms with van der Waals surface area (Å²) < 4.78 is 6.11. The fraction of sp³-hybridized carbons (Fsp3) is 0.185. The van der Waals surface area contributed by atoms with Crippen LogP contribution in [0.25, 0.3) is 11.1 Å². The largest absolute Gasteiger partial charge is 0.488 e. The van der Waals surface area contributed by atoms with E-state index in [1.165, 1.54) is 32.7 Å². The highest BCUT2D eigenvalue weighted by molar-refractivity contribution is 7.10. The van der Waals surface area contributed by atoms with Crippen LogP contribution < -0.4 is 4.74 Å². The minimum Gasteiger partial charge on any atom is -0.488 e. The van der Waals surface area contributed by atoms with E-state index in [1.54, 1.807) is 22.7 Å². The molecule has 0 aliphatic carbocycles. The summed E-state index contributed by atoms with van der Waals surface area (Å²) in [6, 6.07) is 21.6. The van der Waals surface area contributed by atoms with E-state index in [-0.39, 0.29) is 0 Å². The predicted molar refractivity (Wildman–Crippen MR) is 134 cm³/mol. The molecule has 0 aliphatic rings. The number of aryl methyl sites for hydroxylation is 1. The summed E-state index contributed by atoms with van der Waals surface area (Å²) in [6.45, 7) is 9.26. The molecule has 0 atom stereocenters. The molecular weight excluding hydrogens is 418 g/mol. The maximum absolute atomic E-state index is 6.11. The Hall–Kier alpha value is -2.66. The normalized spacial score (nSPS) is 11.0. The molecule has 2 heterocycles. The van der Waals surface area contributed by atoms with Crippen molar-refractivity contribution in [3.05, 3.63) is 111 Å². The molecule has 0 bridgehead atoms. The van der Waals surface area contributed by atoms with E-state index in [9.17, 15) is 0 Å². The SMILES string of the molecule is C=CCN(Cc1ccc(C)cc1)Cc1cccc(OCc2cc(-c3ccsc3)cs2)c1. The Balaban J connectivity index is 1.37. The average molecular weight is 446 g/mol. The Morgan fingerprint density at radius 3 is 2.55 bits per heavy atom. The number of hydrogen-bond donors (Lipinski definition) is 0. The maximum atomic E-state index is 6.11. The summed E-state index contributed by atoms with van der Waals surface area (Å²) in [5.41, 5.74) is 6.41. The van der Waals surface area contributed by atoms with Gasteiger partial charge in [0.2, 0.25) is 0 Å². The van der Waals surface area contributed by atoms with Crippen LogP contribution in [0.5, 0.6) is 5.75 Å². The van der Waals surface area contributed by atoms with Crippen molar-refractivity contribution in [1.82, 2.24) is 4.90 Å². The third-order valence-electron chi connectivity index (χ3n) is 5.11. The molecule has 4 aromatic rings. The molecule has 31 heavy (non-hydrogen) atoms. The second-order valence-corrected chi connectivity index (χ2v) is 9.47. The zero-order chi connectivity index (χ0) is 21.5. The molecule has 158 valence electrons. The highest BCUT2D eigenvalue weighted by Crippen LogP contribution is 2.28. The monoisotopic (exact) mass is 445 g/mol. The van der Waals surface area contributed by atoms with Crippen LogP contribution in [-0.4, -0.2) is 11.4 Å². The van der Waals surface area contributed by atoms with Crippen molar-refractivity contribution in [2.45, 2.75) is 26.6 Å². The third-order valence-corrected chi connectivity index (χ3v) is 6.70. The van der Waals surface area contributed by atoms with Gasteiger partial charge in [0.15, 0.2) is 0 Å². The van der Waals surface area contributed by atoms with Crippen molar-refractivity contribution >= 4 is 22.7 Å². The maximum Gasteiger partial charge on any atom is 0.122 e. The smallest absolute Gasteiger partial charge is 0.122 e. The van der Waals surface area contributed by atoms with Crippen molar-refractivity contribution in [2.75, 3.05) is 6.54 Å². The first kappa shape index (κ1) is 21.6. The second kappa shape index (κ2) is 10.6. The van der Waals surface area contributed by atoms with Gasteiger partial charge in [-0.25, -0.2) is 0 Å². The number of nitrogens with zero attached hydrogens (tertiary/aromatic N) is 1. The van der Waals surface area contributed by atoms with E-state index in [2.05, 4.69) is 89.1 Å². The molecule has 4 heteroatoms. The highest BCUT2D eigenvalue weighted by atomic mass is 32.1. The van der Waals surface area contributed by atoms with Crippen LogP contribution in [0, 0.1) is 6.92 Å². The zero-order valence-electron chi connectivity index (χ0n) is 17.8. The molecule has 0 fully saturated rings.